The average Bonchev–Trinajstić information content (AvgIpc) is 2.27. The summed E-state index contributed by atoms with van der Waals surface area (Å²) < 4.78 is 1.62. The molecule has 0 saturated heterocycles. The molecular weight excluding hydrogens is 139 g/mol. The molecule has 0 aromatic carbocycles. The third-order valence-electron chi connectivity index (χ3n) is 2.59. The Balaban J connectivity index is 2.54. The van der Waals surface area contributed by atoms with Crippen LogP contribution >= 0.6 is 0 Å². The van der Waals surface area contributed by atoms with Crippen LogP contribution in [0.25, 0.3) is 0 Å². The predicted molar refractivity (Wildman–Crippen MR) is 55.3 cm³/mol. The first-order chi connectivity index (χ1) is 5.84. The summed E-state index contributed by atoms with van der Waals surface area (Å²) in [6.45, 7) is 2.26. The number of rotatable bonds is 3. The van der Waals surface area contributed by atoms with Gasteiger partial charge in [-0.25, -0.2) is 0 Å². The minimum absolute atomic E-state index is 1.27. The second kappa shape index (κ2) is 5.68. The fourth-order valence-electron chi connectivity index (χ4n) is 1.68. The van der Waals surface area contributed by atoms with Gasteiger partial charge >= 0.3 is 85.1 Å². The summed E-state index contributed by atoms with van der Waals surface area (Å²) in [7, 11) is 0. The molecule has 1 heteroatoms. The molecule has 1 rings (SSSR count). The molecule has 0 nitrogen and oxygen atoms in total. The molecule has 0 aromatic heterocycles. The zero-order chi connectivity index (χ0) is 8.81. The number of unbranched alkanes of at least 4 members (excludes halogenated alkanes) is 1. The van der Waals surface area contributed by atoms with E-state index in [1.807, 2.05) is 0 Å². The van der Waals surface area contributed by atoms with Crippen LogP contribution in [0.4, 0.5) is 0 Å². The standard InChI is InChI=1S/C11H17.Li/c1-2-3-8-11-9-6-4-5-7-10-11;/h6,9H,2-5,7-8H2,1H3;. The molecule has 1 aliphatic rings. The van der Waals surface area contributed by atoms with Gasteiger partial charge in [-0.15, -0.1) is 0 Å². The van der Waals surface area contributed by atoms with Crippen LogP contribution in [0.3, 0.4) is 0 Å². The summed E-state index contributed by atoms with van der Waals surface area (Å²) in [5, 5.41) is 0. The van der Waals surface area contributed by atoms with Gasteiger partial charge in [0, 0.05) is 0 Å². The van der Waals surface area contributed by atoms with E-state index in [-0.39, 0.29) is 0 Å². The molecule has 0 bridgehead atoms. The maximum absolute atomic E-state index is 2.35. The molecule has 0 spiro atoms. The third-order valence-corrected chi connectivity index (χ3v) is 2.59. The molecular formula is C11H17Li. The Hall–Kier alpha value is 0.0774. The molecule has 1 aliphatic carbocycles. The summed E-state index contributed by atoms with van der Waals surface area (Å²) >= 11 is 2.29. The zero-order valence-electron chi connectivity index (χ0n) is 8.40. The molecule has 0 N–H and O–H groups in total. The summed E-state index contributed by atoms with van der Waals surface area (Å²) in [6.07, 6.45) is 12.6. The second-order valence-corrected chi connectivity index (χ2v) is 3.70. The van der Waals surface area contributed by atoms with E-state index >= 15 is 0 Å². The van der Waals surface area contributed by atoms with Crippen LogP contribution in [-0.4, -0.2) is 17.7 Å². The average molecular weight is 156 g/mol. The molecule has 0 aromatic rings. The van der Waals surface area contributed by atoms with E-state index in [0.717, 1.165) is 0 Å². The van der Waals surface area contributed by atoms with E-state index in [4.69, 9.17) is 0 Å². The van der Waals surface area contributed by atoms with Crippen molar-refractivity contribution in [2.45, 2.75) is 45.4 Å². The molecule has 0 aliphatic heterocycles. The summed E-state index contributed by atoms with van der Waals surface area (Å²) in [6, 6.07) is 0. The van der Waals surface area contributed by atoms with Crippen LogP contribution < -0.4 is 0 Å². The molecule has 0 heterocycles. The number of allylic oxidation sites excluding steroid dienone is 4. The van der Waals surface area contributed by atoms with Crippen LogP contribution in [-0.2, 0) is 0 Å². The van der Waals surface area contributed by atoms with Gasteiger partial charge in [0.25, 0.3) is 0 Å². The van der Waals surface area contributed by atoms with Crippen LogP contribution in [0.1, 0.15) is 45.4 Å². The molecule has 0 radical (unpaired) electrons. The van der Waals surface area contributed by atoms with Gasteiger partial charge in [-0.3, -0.25) is 0 Å². The van der Waals surface area contributed by atoms with Gasteiger partial charge in [-0.2, -0.15) is 0 Å². The summed E-state index contributed by atoms with van der Waals surface area (Å²) in [4.78, 5) is 0. The molecule has 0 fully saturated rings. The Bertz CT molecular complexity index is 189. The van der Waals surface area contributed by atoms with Crippen molar-refractivity contribution in [3.63, 3.8) is 0 Å². The summed E-state index contributed by atoms with van der Waals surface area (Å²) in [5.74, 6) is 0. The maximum atomic E-state index is 2.35. The van der Waals surface area contributed by atoms with Gasteiger partial charge in [-0.1, -0.05) is 0 Å². The van der Waals surface area contributed by atoms with Crippen molar-refractivity contribution < 1.29 is 0 Å². The van der Waals surface area contributed by atoms with E-state index in [9.17, 15) is 0 Å². The van der Waals surface area contributed by atoms with Gasteiger partial charge in [-0.05, 0) is 0 Å². The second-order valence-electron chi connectivity index (χ2n) is 3.70. The van der Waals surface area contributed by atoms with Crippen LogP contribution in [0.5, 0.6) is 0 Å². The van der Waals surface area contributed by atoms with Crippen molar-refractivity contribution >= 4 is 17.7 Å². The van der Waals surface area contributed by atoms with Gasteiger partial charge in [0.05, 0.1) is 0 Å². The van der Waals surface area contributed by atoms with E-state index < -0.39 is 0 Å². The Labute approximate surface area is 85.3 Å². The van der Waals surface area contributed by atoms with Gasteiger partial charge in [0.2, 0.25) is 0 Å². The Morgan fingerprint density at radius 1 is 1.50 bits per heavy atom. The van der Waals surface area contributed by atoms with Crippen molar-refractivity contribution in [3.05, 3.63) is 22.0 Å². The zero-order valence-corrected chi connectivity index (χ0v) is 8.40. The normalized spacial score (nSPS) is 18.2. The van der Waals surface area contributed by atoms with Crippen molar-refractivity contribution in [1.29, 1.82) is 0 Å². The molecule has 0 saturated carbocycles. The van der Waals surface area contributed by atoms with Crippen molar-refractivity contribution in [3.8, 4) is 0 Å². The Morgan fingerprint density at radius 3 is 3.08 bits per heavy atom. The molecule has 62 valence electrons. The van der Waals surface area contributed by atoms with Gasteiger partial charge in [0.15, 0.2) is 0 Å². The summed E-state index contributed by atoms with van der Waals surface area (Å²) in [5.41, 5.74) is 1.61. The number of hydrogen-bond donors (Lipinski definition) is 0. The predicted octanol–water partition coefficient (Wildman–Crippen LogP) is 3.34. The quantitative estimate of drug-likeness (QED) is 0.550. The molecule has 0 atom stereocenters. The van der Waals surface area contributed by atoms with E-state index in [2.05, 4.69) is 36.8 Å². The molecule has 12 heavy (non-hydrogen) atoms. The molecule has 0 amide bonds. The van der Waals surface area contributed by atoms with E-state index in [1.54, 1.807) is 9.82 Å². The van der Waals surface area contributed by atoms with E-state index in [0.29, 0.717) is 0 Å². The Morgan fingerprint density at radius 2 is 2.33 bits per heavy atom. The van der Waals surface area contributed by atoms with Crippen LogP contribution in [0.15, 0.2) is 22.0 Å². The van der Waals surface area contributed by atoms with Gasteiger partial charge in [0.1, 0.15) is 0 Å². The Kier molecular flexibility index (Phi) is 4.81. The fraction of sp³-hybridized carbons (Fsp3) is 0.636. The first-order valence-electron chi connectivity index (χ1n) is 5.19. The van der Waals surface area contributed by atoms with Crippen molar-refractivity contribution in [2.75, 3.05) is 0 Å². The fourth-order valence-corrected chi connectivity index (χ4v) is 1.68. The molecule has 0 unspecified atom stereocenters. The van der Waals surface area contributed by atoms with E-state index in [1.165, 1.54) is 38.5 Å². The minimum atomic E-state index is 1.27. The third kappa shape index (κ3) is 3.21. The monoisotopic (exact) mass is 156 g/mol. The van der Waals surface area contributed by atoms with Gasteiger partial charge < -0.3 is 0 Å². The first kappa shape index (κ1) is 10.2. The van der Waals surface area contributed by atoms with Crippen molar-refractivity contribution in [1.82, 2.24) is 0 Å². The first-order valence-corrected chi connectivity index (χ1v) is 5.19. The number of hydrogen-bond acceptors (Lipinski definition) is 0. The van der Waals surface area contributed by atoms with Crippen molar-refractivity contribution in [2.24, 2.45) is 0 Å². The van der Waals surface area contributed by atoms with Crippen LogP contribution in [0, 0.1) is 0 Å². The van der Waals surface area contributed by atoms with Crippen LogP contribution in [0.2, 0.25) is 0 Å². The topological polar surface area (TPSA) is 0 Å². The SMILES string of the molecule is [Li][C]1=C(CCCC)C=CCCC1.